The Morgan fingerprint density at radius 2 is 1.95 bits per heavy atom. The minimum atomic E-state index is -0.724. The number of halogens is 3. The highest BCUT2D eigenvalue weighted by atomic mass is 35.5. The summed E-state index contributed by atoms with van der Waals surface area (Å²) in [6.07, 6.45) is 0. The summed E-state index contributed by atoms with van der Waals surface area (Å²) in [6, 6.07) is 6.44. The Morgan fingerprint density at radius 3 is 2.65 bits per heavy atom. The quantitative estimate of drug-likeness (QED) is 0.829. The molecule has 0 unspecified atom stereocenters. The molecule has 3 N–H and O–H groups in total. The number of hydrogen-bond acceptors (Lipinski definition) is 2. The van der Waals surface area contributed by atoms with Crippen LogP contribution in [0.5, 0.6) is 0 Å². The van der Waals surface area contributed by atoms with Gasteiger partial charge in [-0.2, -0.15) is 0 Å². The second kappa shape index (κ2) is 5.46. The highest BCUT2D eigenvalue weighted by molar-refractivity contribution is 6.34. The van der Waals surface area contributed by atoms with Crippen LogP contribution in [0.4, 0.5) is 20.2 Å². The topological polar surface area (TPSA) is 55.1 Å². The maximum atomic E-state index is 13.6. The Hall–Kier alpha value is -2.14. The number of nitrogens with two attached hydrogens (primary N) is 1. The number of rotatable bonds is 2. The first-order valence-corrected chi connectivity index (χ1v) is 6.09. The maximum absolute atomic E-state index is 13.6. The fourth-order valence-electron chi connectivity index (χ4n) is 1.67. The van der Waals surface area contributed by atoms with Crippen LogP contribution in [0.3, 0.4) is 0 Å². The Morgan fingerprint density at radius 1 is 1.25 bits per heavy atom. The van der Waals surface area contributed by atoms with Crippen molar-refractivity contribution < 1.29 is 13.6 Å². The van der Waals surface area contributed by atoms with Gasteiger partial charge in [0.05, 0.1) is 22.0 Å². The number of benzene rings is 2. The third kappa shape index (κ3) is 2.72. The zero-order chi connectivity index (χ0) is 14.9. The van der Waals surface area contributed by atoms with Gasteiger partial charge in [-0.25, -0.2) is 8.78 Å². The van der Waals surface area contributed by atoms with Crippen LogP contribution in [0, 0.1) is 18.6 Å². The largest absolute Gasteiger partial charge is 0.397 e. The number of carbonyl (C=O) groups excluding carboxylic acids is 1. The molecule has 0 atom stereocenters. The van der Waals surface area contributed by atoms with Crippen molar-refractivity contribution >= 4 is 28.9 Å². The molecule has 0 saturated carbocycles. The average molecular weight is 297 g/mol. The summed E-state index contributed by atoms with van der Waals surface area (Å²) in [7, 11) is 0. The number of anilines is 2. The van der Waals surface area contributed by atoms with Gasteiger partial charge in [-0.15, -0.1) is 0 Å². The summed E-state index contributed by atoms with van der Waals surface area (Å²) in [5.41, 5.74) is 5.75. The lowest BCUT2D eigenvalue weighted by atomic mass is 10.1. The molecule has 0 aliphatic rings. The molecule has 0 aromatic heterocycles. The standard InChI is InChI=1S/C14H11ClF2N2O/c1-7-5-11(17)12(6-10(7)16)19-14(20)8-3-2-4-9(15)13(8)18/h2-6H,18H2,1H3,(H,19,20). The fourth-order valence-corrected chi connectivity index (χ4v) is 1.84. The molecule has 0 bridgehead atoms. The normalized spacial score (nSPS) is 10.4. The highest BCUT2D eigenvalue weighted by Crippen LogP contribution is 2.24. The van der Waals surface area contributed by atoms with Gasteiger partial charge < -0.3 is 11.1 Å². The molecule has 104 valence electrons. The van der Waals surface area contributed by atoms with Crippen LogP contribution in [-0.2, 0) is 0 Å². The van der Waals surface area contributed by atoms with Gasteiger partial charge in [0.1, 0.15) is 11.6 Å². The predicted octanol–water partition coefficient (Wildman–Crippen LogP) is 3.76. The van der Waals surface area contributed by atoms with E-state index in [1.807, 2.05) is 0 Å². The summed E-state index contributed by atoms with van der Waals surface area (Å²) < 4.78 is 27.0. The molecule has 0 fully saturated rings. The molecule has 3 nitrogen and oxygen atoms in total. The fraction of sp³-hybridized carbons (Fsp3) is 0.0714. The molecule has 2 aromatic rings. The van der Waals surface area contributed by atoms with Gasteiger partial charge in [0.15, 0.2) is 0 Å². The van der Waals surface area contributed by atoms with E-state index in [0.29, 0.717) is 0 Å². The Bertz CT molecular complexity index is 689. The van der Waals surface area contributed by atoms with Crippen LogP contribution in [0.2, 0.25) is 5.02 Å². The molecule has 0 aliphatic heterocycles. The summed E-state index contributed by atoms with van der Waals surface area (Å²) in [6.45, 7) is 1.43. The number of aryl methyl sites for hydroxylation is 1. The first-order chi connectivity index (χ1) is 9.40. The first kappa shape index (κ1) is 14.3. The van der Waals surface area contributed by atoms with Crippen molar-refractivity contribution in [3.63, 3.8) is 0 Å². The van der Waals surface area contributed by atoms with Gasteiger partial charge in [-0.3, -0.25) is 4.79 Å². The third-order valence-corrected chi connectivity index (χ3v) is 3.12. The SMILES string of the molecule is Cc1cc(F)c(NC(=O)c2cccc(Cl)c2N)cc1F. The van der Waals surface area contributed by atoms with Crippen molar-refractivity contribution in [1.82, 2.24) is 0 Å². The molecule has 0 heterocycles. The van der Waals surface area contributed by atoms with Crippen LogP contribution in [0.15, 0.2) is 30.3 Å². The number of hydrogen-bond donors (Lipinski definition) is 2. The van der Waals surface area contributed by atoms with Crippen LogP contribution < -0.4 is 11.1 Å². The van der Waals surface area contributed by atoms with Gasteiger partial charge in [-0.05, 0) is 30.7 Å². The minimum absolute atomic E-state index is 0.0830. The Balaban J connectivity index is 2.33. The van der Waals surface area contributed by atoms with E-state index >= 15 is 0 Å². The Labute approximate surface area is 119 Å². The van der Waals surface area contributed by atoms with Crippen molar-refractivity contribution in [2.45, 2.75) is 6.92 Å². The van der Waals surface area contributed by atoms with Gasteiger partial charge in [0, 0.05) is 6.07 Å². The summed E-state index contributed by atoms with van der Waals surface area (Å²) in [4.78, 5) is 12.0. The van der Waals surface area contributed by atoms with Crippen LogP contribution in [0.25, 0.3) is 0 Å². The monoisotopic (exact) mass is 296 g/mol. The zero-order valence-corrected chi connectivity index (χ0v) is 11.3. The van der Waals surface area contributed by atoms with Gasteiger partial charge >= 0.3 is 0 Å². The van der Waals surface area contributed by atoms with Crippen molar-refractivity contribution in [3.05, 3.63) is 58.1 Å². The molecule has 6 heteroatoms. The summed E-state index contributed by atoms with van der Waals surface area (Å²) >= 11 is 5.80. The lowest BCUT2D eigenvalue weighted by Crippen LogP contribution is -2.15. The van der Waals surface area contributed by atoms with Crippen molar-refractivity contribution in [2.75, 3.05) is 11.1 Å². The second-order valence-corrected chi connectivity index (χ2v) is 4.64. The van der Waals surface area contributed by atoms with Crippen LogP contribution in [-0.4, -0.2) is 5.91 Å². The van der Waals surface area contributed by atoms with Crippen molar-refractivity contribution in [3.8, 4) is 0 Å². The molecule has 0 spiro atoms. The zero-order valence-electron chi connectivity index (χ0n) is 10.5. The predicted molar refractivity (Wildman–Crippen MR) is 74.9 cm³/mol. The molecule has 2 rings (SSSR count). The first-order valence-electron chi connectivity index (χ1n) is 5.71. The maximum Gasteiger partial charge on any atom is 0.257 e. The molecule has 1 amide bonds. The van der Waals surface area contributed by atoms with Gasteiger partial charge in [0.2, 0.25) is 0 Å². The smallest absolute Gasteiger partial charge is 0.257 e. The lowest BCUT2D eigenvalue weighted by molar-refractivity contribution is 0.102. The molecule has 20 heavy (non-hydrogen) atoms. The van der Waals surface area contributed by atoms with Crippen LogP contribution >= 0.6 is 11.6 Å². The number of para-hydroxylation sites is 1. The van der Waals surface area contributed by atoms with E-state index < -0.39 is 17.5 Å². The van der Waals surface area contributed by atoms with E-state index in [4.69, 9.17) is 17.3 Å². The third-order valence-electron chi connectivity index (χ3n) is 2.79. The van der Waals surface area contributed by atoms with Gasteiger partial charge in [0.25, 0.3) is 5.91 Å². The van der Waals surface area contributed by atoms with Gasteiger partial charge in [-0.1, -0.05) is 17.7 Å². The minimum Gasteiger partial charge on any atom is -0.397 e. The van der Waals surface area contributed by atoms with E-state index in [0.717, 1.165) is 12.1 Å². The molecule has 0 radical (unpaired) electrons. The lowest BCUT2D eigenvalue weighted by Gasteiger charge is -2.10. The molecule has 0 saturated heterocycles. The highest BCUT2D eigenvalue weighted by Gasteiger charge is 2.15. The van der Waals surface area contributed by atoms with Crippen LogP contribution in [0.1, 0.15) is 15.9 Å². The van der Waals surface area contributed by atoms with Crippen molar-refractivity contribution in [1.29, 1.82) is 0 Å². The molecular weight excluding hydrogens is 286 g/mol. The van der Waals surface area contributed by atoms with E-state index in [1.54, 1.807) is 6.07 Å². The number of carbonyl (C=O) groups is 1. The average Bonchev–Trinajstić information content (AvgIpc) is 2.39. The second-order valence-electron chi connectivity index (χ2n) is 4.24. The number of amides is 1. The summed E-state index contributed by atoms with van der Waals surface area (Å²) in [5, 5.41) is 2.49. The number of nitrogens with one attached hydrogen (secondary N) is 1. The van der Waals surface area contributed by atoms with E-state index in [9.17, 15) is 13.6 Å². The summed E-state index contributed by atoms with van der Waals surface area (Å²) in [5.74, 6) is -1.99. The van der Waals surface area contributed by atoms with E-state index in [2.05, 4.69) is 5.32 Å². The van der Waals surface area contributed by atoms with E-state index in [-0.39, 0.29) is 27.5 Å². The van der Waals surface area contributed by atoms with Crippen molar-refractivity contribution in [2.24, 2.45) is 0 Å². The number of nitrogen functional groups attached to an aromatic ring is 1. The molecule has 2 aromatic carbocycles. The molecule has 0 aliphatic carbocycles. The van der Waals surface area contributed by atoms with E-state index in [1.165, 1.54) is 19.1 Å². The Kier molecular flexibility index (Phi) is 3.90. The molecular formula is C14H11ClF2N2O.